The van der Waals surface area contributed by atoms with E-state index in [2.05, 4.69) is 15.1 Å². The molecule has 2 aromatic rings. The van der Waals surface area contributed by atoms with Crippen molar-refractivity contribution in [2.24, 2.45) is 0 Å². The first kappa shape index (κ1) is 17.5. The molecule has 0 bridgehead atoms. The summed E-state index contributed by atoms with van der Waals surface area (Å²) in [5, 5.41) is 3.65. The van der Waals surface area contributed by atoms with E-state index in [1.165, 1.54) is 0 Å². The van der Waals surface area contributed by atoms with E-state index in [1.807, 2.05) is 32.0 Å². The molecule has 1 amide bonds. The van der Waals surface area contributed by atoms with E-state index < -0.39 is 5.63 Å². The number of nitrogens with zero attached hydrogens (tertiary/aromatic N) is 2. The molecule has 0 saturated carbocycles. The van der Waals surface area contributed by atoms with Crippen LogP contribution in [0.1, 0.15) is 26.7 Å². The van der Waals surface area contributed by atoms with Gasteiger partial charge in [-0.2, -0.15) is 0 Å². The average molecular weight is 343 g/mol. The minimum atomic E-state index is -0.504. The lowest BCUT2D eigenvalue weighted by Gasteiger charge is -2.25. The van der Waals surface area contributed by atoms with Gasteiger partial charge in [-0.05, 0) is 51.9 Å². The number of fused-ring (bicyclic) bond motifs is 1. The van der Waals surface area contributed by atoms with Gasteiger partial charge >= 0.3 is 5.63 Å². The van der Waals surface area contributed by atoms with E-state index in [1.54, 1.807) is 6.07 Å². The number of likely N-dealkylation sites (tertiary alicyclic amines) is 1. The fraction of sp³-hybridized carbons (Fsp3) is 0.474. The minimum Gasteiger partial charge on any atom is -0.421 e. The topological polar surface area (TPSA) is 65.8 Å². The van der Waals surface area contributed by atoms with Gasteiger partial charge in [-0.1, -0.05) is 12.1 Å². The summed E-state index contributed by atoms with van der Waals surface area (Å²) < 4.78 is 5.43. The third-order valence-corrected chi connectivity index (χ3v) is 4.70. The zero-order chi connectivity index (χ0) is 17.8. The molecule has 6 heteroatoms. The van der Waals surface area contributed by atoms with Crippen molar-refractivity contribution in [3.05, 3.63) is 34.7 Å². The molecule has 0 atom stereocenters. The lowest BCUT2D eigenvalue weighted by Crippen LogP contribution is -2.33. The predicted octanol–water partition coefficient (Wildman–Crippen LogP) is 2.67. The molecule has 25 heavy (non-hydrogen) atoms. The van der Waals surface area contributed by atoms with Gasteiger partial charge in [-0.3, -0.25) is 9.69 Å². The molecule has 134 valence electrons. The summed E-state index contributed by atoms with van der Waals surface area (Å²) >= 11 is 0. The number of nitrogens with one attached hydrogen (secondary N) is 1. The van der Waals surface area contributed by atoms with Crippen LogP contribution in [0, 0.1) is 0 Å². The van der Waals surface area contributed by atoms with Gasteiger partial charge in [0.1, 0.15) is 5.58 Å². The van der Waals surface area contributed by atoms with Crippen LogP contribution >= 0.6 is 0 Å². The molecule has 1 aliphatic rings. The van der Waals surface area contributed by atoms with Gasteiger partial charge < -0.3 is 14.6 Å². The van der Waals surface area contributed by atoms with Crippen LogP contribution in [0.4, 0.5) is 11.4 Å². The van der Waals surface area contributed by atoms with Crippen molar-refractivity contribution in [3.63, 3.8) is 0 Å². The fourth-order valence-corrected chi connectivity index (χ4v) is 3.43. The largest absolute Gasteiger partial charge is 0.421 e. The lowest BCUT2D eigenvalue weighted by atomic mass is 10.1. The number of carbonyl (C=O) groups is 1. The Bertz CT molecular complexity index is 805. The second kappa shape index (κ2) is 7.70. The molecule has 3 rings (SSSR count). The van der Waals surface area contributed by atoms with Gasteiger partial charge in [0.05, 0.1) is 12.2 Å². The van der Waals surface area contributed by atoms with Crippen LogP contribution in [0.5, 0.6) is 0 Å². The van der Waals surface area contributed by atoms with Crippen LogP contribution in [-0.4, -0.2) is 43.5 Å². The molecule has 0 unspecified atom stereocenters. The van der Waals surface area contributed by atoms with Crippen molar-refractivity contribution >= 4 is 28.3 Å². The Hall–Kier alpha value is -2.34. The summed E-state index contributed by atoms with van der Waals surface area (Å²) in [4.78, 5) is 29.2. The number of rotatable bonds is 6. The highest BCUT2D eigenvalue weighted by molar-refractivity contribution is 6.03. The highest BCUT2D eigenvalue weighted by Crippen LogP contribution is 2.32. The first-order chi connectivity index (χ1) is 12.1. The maximum absolute atomic E-state index is 12.5. The normalized spacial score (nSPS) is 14.8. The standard InChI is InChI=1S/C19H25N3O3/c1-3-22(4-2)18-14-9-5-6-10-15(14)25-19(24)17(18)20-16(23)13-21-11-7-8-12-21/h5-6,9-10H,3-4,7-8,11-13H2,1-2H3,(H,20,23). The number of carbonyl (C=O) groups excluding carboxylic acids is 1. The van der Waals surface area contributed by atoms with Crippen molar-refractivity contribution in [3.8, 4) is 0 Å². The Morgan fingerprint density at radius 3 is 2.56 bits per heavy atom. The first-order valence-electron chi connectivity index (χ1n) is 8.97. The highest BCUT2D eigenvalue weighted by Gasteiger charge is 2.22. The Labute approximate surface area is 147 Å². The van der Waals surface area contributed by atoms with E-state index >= 15 is 0 Å². The zero-order valence-corrected chi connectivity index (χ0v) is 14.9. The quantitative estimate of drug-likeness (QED) is 0.817. The second-order valence-corrected chi connectivity index (χ2v) is 6.31. The van der Waals surface area contributed by atoms with E-state index in [0.29, 0.717) is 12.1 Å². The molecule has 0 aliphatic carbocycles. The van der Waals surface area contributed by atoms with Gasteiger partial charge in [-0.25, -0.2) is 4.79 Å². The van der Waals surface area contributed by atoms with Crippen LogP contribution in [0.15, 0.2) is 33.5 Å². The molecule has 1 N–H and O–H groups in total. The number of para-hydroxylation sites is 1. The lowest BCUT2D eigenvalue weighted by molar-refractivity contribution is -0.117. The summed E-state index contributed by atoms with van der Waals surface area (Å²) in [5.74, 6) is -0.169. The predicted molar refractivity (Wildman–Crippen MR) is 100 cm³/mol. The van der Waals surface area contributed by atoms with Crippen LogP contribution in [-0.2, 0) is 4.79 Å². The van der Waals surface area contributed by atoms with Gasteiger partial charge in [0, 0.05) is 18.5 Å². The summed E-state index contributed by atoms with van der Waals surface area (Å²) in [5.41, 5.74) is 1.01. The number of anilines is 2. The Balaban J connectivity index is 2.00. The molecule has 1 saturated heterocycles. The fourth-order valence-electron chi connectivity index (χ4n) is 3.43. The molecule has 1 aromatic heterocycles. The average Bonchev–Trinajstić information content (AvgIpc) is 3.11. The first-order valence-corrected chi connectivity index (χ1v) is 8.97. The molecular weight excluding hydrogens is 318 g/mol. The maximum Gasteiger partial charge on any atom is 0.362 e. The van der Waals surface area contributed by atoms with Crippen molar-refractivity contribution < 1.29 is 9.21 Å². The summed E-state index contributed by atoms with van der Waals surface area (Å²) in [6, 6.07) is 7.44. The third-order valence-electron chi connectivity index (χ3n) is 4.70. The molecule has 1 aromatic carbocycles. The number of hydrogen-bond donors (Lipinski definition) is 1. The zero-order valence-electron chi connectivity index (χ0n) is 14.9. The Kier molecular flexibility index (Phi) is 5.38. The van der Waals surface area contributed by atoms with Crippen LogP contribution in [0.25, 0.3) is 11.0 Å². The SMILES string of the molecule is CCN(CC)c1c(NC(=O)CN2CCCC2)c(=O)oc2ccccc12. The maximum atomic E-state index is 12.5. The van der Waals surface area contributed by atoms with Crippen molar-refractivity contribution in [1.82, 2.24) is 4.90 Å². The van der Waals surface area contributed by atoms with E-state index in [9.17, 15) is 9.59 Å². The molecular formula is C19H25N3O3. The molecule has 0 spiro atoms. The number of hydrogen-bond acceptors (Lipinski definition) is 5. The summed E-state index contributed by atoms with van der Waals surface area (Å²) in [7, 11) is 0. The third kappa shape index (κ3) is 3.69. The molecule has 6 nitrogen and oxygen atoms in total. The van der Waals surface area contributed by atoms with Gasteiger partial charge in [0.25, 0.3) is 0 Å². The van der Waals surface area contributed by atoms with Crippen molar-refractivity contribution in [1.29, 1.82) is 0 Å². The summed E-state index contributed by atoms with van der Waals surface area (Å²) in [6.45, 7) is 7.71. The van der Waals surface area contributed by atoms with E-state index in [-0.39, 0.29) is 11.6 Å². The highest BCUT2D eigenvalue weighted by atomic mass is 16.4. The van der Waals surface area contributed by atoms with E-state index in [0.717, 1.165) is 50.1 Å². The smallest absolute Gasteiger partial charge is 0.362 e. The molecule has 2 heterocycles. The molecule has 0 radical (unpaired) electrons. The summed E-state index contributed by atoms with van der Waals surface area (Å²) in [6.07, 6.45) is 2.24. The number of benzene rings is 1. The van der Waals surface area contributed by atoms with Crippen molar-refractivity contribution in [2.75, 3.05) is 42.9 Å². The van der Waals surface area contributed by atoms with Gasteiger partial charge in [0.2, 0.25) is 5.91 Å². The van der Waals surface area contributed by atoms with Gasteiger partial charge in [0.15, 0.2) is 5.69 Å². The van der Waals surface area contributed by atoms with Crippen molar-refractivity contribution in [2.45, 2.75) is 26.7 Å². The Morgan fingerprint density at radius 1 is 1.20 bits per heavy atom. The van der Waals surface area contributed by atoms with E-state index in [4.69, 9.17) is 4.42 Å². The van der Waals surface area contributed by atoms with Crippen LogP contribution < -0.4 is 15.8 Å². The van der Waals surface area contributed by atoms with Gasteiger partial charge in [-0.15, -0.1) is 0 Å². The Morgan fingerprint density at radius 2 is 1.88 bits per heavy atom. The monoisotopic (exact) mass is 343 g/mol. The second-order valence-electron chi connectivity index (χ2n) is 6.31. The van der Waals surface area contributed by atoms with Crippen LogP contribution in [0.3, 0.4) is 0 Å². The molecule has 1 fully saturated rings. The van der Waals surface area contributed by atoms with Crippen LogP contribution in [0.2, 0.25) is 0 Å². The number of amides is 1. The minimum absolute atomic E-state index is 0.169. The molecule has 1 aliphatic heterocycles.